The van der Waals surface area contributed by atoms with Crippen LogP contribution >= 0.6 is 11.3 Å². The fourth-order valence-corrected chi connectivity index (χ4v) is 3.48. The first-order chi connectivity index (χ1) is 7.65. The molecule has 1 aromatic rings. The van der Waals surface area contributed by atoms with Gasteiger partial charge in [-0.2, -0.15) is 0 Å². The lowest BCUT2D eigenvalue weighted by Crippen LogP contribution is -3.15. The monoisotopic (exact) mass is 238 g/mol. The summed E-state index contributed by atoms with van der Waals surface area (Å²) in [6, 6.07) is 3.89. The Bertz CT molecular complexity index is 337. The molecule has 0 spiro atoms. The van der Waals surface area contributed by atoms with Crippen molar-refractivity contribution in [1.82, 2.24) is 0 Å². The van der Waals surface area contributed by atoms with E-state index < -0.39 is 0 Å². The van der Waals surface area contributed by atoms with Gasteiger partial charge in [0.15, 0.2) is 0 Å². The van der Waals surface area contributed by atoms with Crippen molar-refractivity contribution in [2.75, 3.05) is 19.6 Å². The van der Waals surface area contributed by atoms with Gasteiger partial charge in [-0.1, -0.05) is 19.9 Å². The smallest absolute Gasteiger partial charge is 0.226 e. The lowest BCUT2D eigenvalue weighted by atomic mass is 9.92. The van der Waals surface area contributed by atoms with Crippen LogP contribution in [0.25, 0.3) is 0 Å². The highest BCUT2D eigenvalue weighted by atomic mass is 32.1. The van der Waals surface area contributed by atoms with Gasteiger partial charge in [0.25, 0.3) is 0 Å². The summed E-state index contributed by atoms with van der Waals surface area (Å²) in [6.07, 6.45) is 1.32. The maximum Gasteiger partial charge on any atom is 0.226 e. The van der Waals surface area contributed by atoms with Gasteiger partial charge in [0.1, 0.15) is 6.54 Å². The molecule has 0 amide bonds. The van der Waals surface area contributed by atoms with Gasteiger partial charge >= 0.3 is 0 Å². The summed E-state index contributed by atoms with van der Waals surface area (Å²) in [7, 11) is 0. The van der Waals surface area contributed by atoms with E-state index in [2.05, 4.69) is 13.8 Å². The van der Waals surface area contributed by atoms with Gasteiger partial charge in [0.05, 0.1) is 18.0 Å². The molecule has 1 aromatic heterocycles. The molecule has 16 heavy (non-hydrogen) atoms. The quantitative estimate of drug-likeness (QED) is 0.792. The number of rotatable bonds is 3. The first-order valence-electron chi connectivity index (χ1n) is 6.05. The molecule has 0 aromatic carbocycles. The van der Waals surface area contributed by atoms with Gasteiger partial charge < -0.3 is 4.90 Å². The summed E-state index contributed by atoms with van der Waals surface area (Å²) in [4.78, 5) is 14.4. The Morgan fingerprint density at radius 2 is 2.12 bits per heavy atom. The largest absolute Gasteiger partial charge is 0.328 e. The Labute approximate surface area is 101 Å². The van der Waals surface area contributed by atoms with Crippen molar-refractivity contribution in [2.45, 2.75) is 20.3 Å². The standard InChI is InChI=1S/C13H19NOS/c1-10-6-11(2)8-14(7-10)9-12(15)13-4-3-5-16-13/h3-5,10-11H,6-9H2,1-2H3/p+1/t10-,11+. The number of thiophene rings is 1. The number of nitrogens with one attached hydrogen (secondary N) is 1. The molecule has 2 nitrogen and oxygen atoms in total. The SMILES string of the molecule is C[C@@H]1C[C@H](C)C[NH+](CC(=O)c2cccs2)C1. The van der Waals surface area contributed by atoms with Gasteiger partial charge in [-0.25, -0.2) is 0 Å². The molecule has 1 aliphatic rings. The van der Waals surface area contributed by atoms with Gasteiger partial charge in [-0.05, 0) is 17.9 Å². The average Bonchev–Trinajstić information content (AvgIpc) is 2.68. The van der Waals surface area contributed by atoms with Crippen LogP contribution in [0.2, 0.25) is 0 Å². The predicted molar refractivity (Wildman–Crippen MR) is 67.2 cm³/mol. The summed E-state index contributed by atoms with van der Waals surface area (Å²) in [5.74, 6) is 1.83. The molecule has 1 aliphatic heterocycles. The Kier molecular flexibility index (Phi) is 3.77. The predicted octanol–water partition coefficient (Wildman–Crippen LogP) is 1.49. The van der Waals surface area contributed by atoms with Crippen LogP contribution < -0.4 is 4.90 Å². The Morgan fingerprint density at radius 3 is 2.69 bits per heavy atom. The number of quaternary nitrogens is 1. The Morgan fingerprint density at radius 1 is 1.44 bits per heavy atom. The second kappa shape index (κ2) is 5.11. The van der Waals surface area contributed by atoms with E-state index in [9.17, 15) is 4.79 Å². The van der Waals surface area contributed by atoms with Gasteiger partial charge in [-0.15, -0.1) is 11.3 Å². The van der Waals surface area contributed by atoms with E-state index in [4.69, 9.17) is 0 Å². The van der Waals surface area contributed by atoms with Crippen molar-refractivity contribution in [3.05, 3.63) is 22.4 Å². The van der Waals surface area contributed by atoms with Crippen LogP contribution in [0, 0.1) is 11.8 Å². The van der Waals surface area contributed by atoms with Gasteiger partial charge in [0.2, 0.25) is 5.78 Å². The molecule has 1 N–H and O–H groups in total. The number of hydrogen-bond donors (Lipinski definition) is 1. The zero-order chi connectivity index (χ0) is 11.5. The third-order valence-corrected chi connectivity index (χ3v) is 4.20. The number of carbonyl (C=O) groups is 1. The van der Waals surface area contributed by atoms with Crippen LogP contribution in [-0.2, 0) is 0 Å². The first-order valence-corrected chi connectivity index (χ1v) is 6.93. The molecule has 1 unspecified atom stereocenters. The third kappa shape index (κ3) is 2.92. The molecule has 0 aliphatic carbocycles. The van der Waals surface area contributed by atoms with Crippen LogP contribution in [0.15, 0.2) is 17.5 Å². The second-order valence-electron chi connectivity index (χ2n) is 5.18. The van der Waals surface area contributed by atoms with Crippen LogP contribution in [0.4, 0.5) is 0 Å². The summed E-state index contributed by atoms with van der Waals surface area (Å²) in [5.41, 5.74) is 0. The van der Waals surface area contributed by atoms with E-state index in [1.54, 1.807) is 11.3 Å². The Balaban J connectivity index is 1.92. The van der Waals surface area contributed by atoms with Crippen LogP contribution in [0.3, 0.4) is 0 Å². The molecule has 2 rings (SSSR count). The molecule has 0 saturated carbocycles. The minimum Gasteiger partial charge on any atom is -0.328 e. The maximum atomic E-state index is 12.0. The lowest BCUT2D eigenvalue weighted by Gasteiger charge is -2.31. The summed E-state index contributed by atoms with van der Waals surface area (Å²) < 4.78 is 0. The third-order valence-electron chi connectivity index (χ3n) is 3.29. The average molecular weight is 238 g/mol. The normalized spacial score (nSPS) is 30.2. The number of likely N-dealkylation sites (tertiary alicyclic amines) is 1. The van der Waals surface area contributed by atoms with Crippen LogP contribution in [-0.4, -0.2) is 25.4 Å². The topological polar surface area (TPSA) is 21.5 Å². The molecular formula is C13H20NOS+. The van der Waals surface area contributed by atoms with Crippen molar-refractivity contribution in [1.29, 1.82) is 0 Å². The fourth-order valence-electron chi connectivity index (χ4n) is 2.82. The maximum absolute atomic E-state index is 12.0. The number of ketones is 1. The zero-order valence-corrected chi connectivity index (χ0v) is 10.8. The molecule has 1 saturated heterocycles. The number of carbonyl (C=O) groups excluding carboxylic acids is 1. The molecule has 2 heterocycles. The van der Waals surface area contributed by atoms with E-state index in [-0.39, 0.29) is 0 Å². The van der Waals surface area contributed by atoms with E-state index in [1.165, 1.54) is 11.3 Å². The molecule has 88 valence electrons. The van der Waals surface area contributed by atoms with Gasteiger partial charge in [0, 0.05) is 11.8 Å². The van der Waals surface area contributed by atoms with E-state index >= 15 is 0 Å². The fraction of sp³-hybridized carbons (Fsp3) is 0.615. The minimum atomic E-state index is 0.311. The van der Waals surface area contributed by atoms with E-state index in [0.29, 0.717) is 12.3 Å². The highest BCUT2D eigenvalue weighted by molar-refractivity contribution is 7.12. The molecular weight excluding hydrogens is 218 g/mol. The zero-order valence-electron chi connectivity index (χ0n) is 10.0. The number of piperidine rings is 1. The Hall–Kier alpha value is -0.670. The highest BCUT2D eigenvalue weighted by Crippen LogP contribution is 2.12. The van der Waals surface area contributed by atoms with Crippen LogP contribution in [0.1, 0.15) is 29.9 Å². The lowest BCUT2D eigenvalue weighted by molar-refractivity contribution is -0.903. The van der Waals surface area contributed by atoms with Crippen LogP contribution in [0.5, 0.6) is 0 Å². The molecule has 1 fully saturated rings. The van der Waals surface area contributed by atoms with Gasteiger partial charge in [-0.3, -0.25) is 4.79 Å². The van der Waals surface area contributed by atoms with Crippen molar-refractivity contribution < 1.29 is 9.69 Å². The summed E-state index contributed by atoms with van der Waals surface area (Å²) in [5, 5.41) is 1.98. The van der Waals surface area contributed by atoms with E-state index in [1.807, 2.05) is 17.5 Å². The number of hydrogen-bond acceptors (Lipinski definition) is 2. The summed E-state index contributed by atoms with van der Waals surface area (Å²) in [6.45, 7) is 7.58. The molecule has 0 bridgehead atoms. The van der Waals surface area contributed by atoms with Crippen molar-refractivity contribution in [3.63, 3.8) is 0 Å². The molecule has 3 atom stereocenters. The second-order valence-corrected chi connectivity index (χ2v) is 6.13. The van der Waals surface area contributed by atoms with E-state index in [0.717, 1.165) is 29.8 Å². The summed E-state index contributed by atoms with van der Waals surface area (Å²) >= 11 is 1.56. The minimum absolute atomic E-state index is 0.311. The van der Waals surface area contributed by atoms with Crippen molar-refractivity contribution in [2.24, 2.45) is 11.8 Å². The first kappa shape index (κ1) is 11.8. The van der Waals surface area contributed by atoms with Crippen molar-refractivity contribution >= 4 is 17.1 Å². The highest BCUT2D eigenvalue weighted by Gasteiger charge is 2.27. The number of Topliss-reactive ketones (excluding diaryl/α,β-unsaturated/α-hetero) is 1. The molecule has 3 heteroatoms. The molecule has 0 radical (unpaired) electrons. The van der Waals surface area contributed by atoms with Crippen molar-refractivity contribution in [3.8, 4) is 0 Å².